The molecule has 2 aromatic heterocycles. The molecule has 0 bridgehead atoms. The normalized spacial score (nSPS) is 16.8. The summed E-state index contributed by atoms with van der Waals surface area (Å²) in [6.45, 7) is 6.81. The molecular weight excluding hydrogens is 414 g/mol. The fraction of sp³-hybridized carbons (Fsp3) is 0.579. The van der Waals surface area contributed by atoms with E-state index in [4.69, 9.17) is 11.6 Å². The van der Waals surface area contributed by atoms with Crippen LogP contribution in [0, 0.1) is 13.8 Å². The first-order valence-electron chi connectivity index (χ1n) is 9.59. The summed E-state index contributed by atoms with van der Waals surface area (Å²) in [5.41, 5.74) is 0.547. The van der Waals surface area contributed by atoms with Gasteiger partial charge in [0, 0.05) is 37.9 Å². The summed E-state index contributed by atoms with van der Waals surface area (Å²) in [7, 11) is -3.43. The second-order valence-electron chi connectivity index (χ2n) is 7.67. The third kappa shape index (κ3) is 4.95. The second-order valence-corrected chi connectivity index (χ2v) is 10.1. The highest BCUT2D eigenvalue weighted by Crippen LogP contribution is 2.32. The molecule has 1 aliphatic rings. The molecule has 1 saturated heterocycles. The van der Waals surface area contributed by atoms with Crippen molar-refractivity contribution in [3.05, 3.63) is 34.6 Å². The van der Waals surface area contributed by atoms with Crippen molar-refractivity contribution in [2.45, 2.75) is 56.9 Å². The number of carbonyl (C=O) groups is 1. The number of nitrogens with zero attached hydrogens (tertiary/aromatic N) is 5. The van der Waals surface area contributed by atoms with Gasteiger partial charge in [0.1, 0.15) is 11.6 Å². The number of aromatic nitrogens is 4. The summed E-state index contributed by atoms with van der Waals surface area (Å²) in [4.78, 5) is 23.4. The molecule has 2 aromatic rings. The minimum atomic E-state index is -3.43. The number of piperidine rings is 1. The van der Waals surface area contributed by atoms with Gasteiger partial charge in [0.2, 0.25) is 5.91 Å². The van der Waals surface area contributed by atoms with E-state index in [1.54, 1.807) is 4.68 Å². The van der Waals surface area contributed by atoms with Gasteiger partial charge in [-0.2, -0.15) is 5.10 Å². The van der Waals surface area contributed by atoms with Gasteiger partial charge < -0.3 is 4.90 Å². The van der Waals surface area contributed by atoms with Crippen molar-refractivity contribution in [1.29, 1.82) is 0 Å². The number of sulfone groups is 1. The van der Waals surface area contributed by atoms with Crippen LogP contribution in [-0.2, 0) is 14.6 Å². The van der Waals surface area contributed by atoms with Crippen molar-refractivity contribution < 1.29 is 13.2 Å². The van der Waals surface area contributed by atoms with Crippen LogP contribution in [-0.4, -0.2) is 58.3 Å². The number of rotatable bonds is 5. The molecule has 0 spiro atoms. The van der Waals surface area contributed by atoms with E-state index in [9.17, 15) is 13.2 Å². The highest BCUT2D eigenvalue weighted by atomic mass is 35.5. The van der Waals surface area contributed by atoms with E-state index in [1.165, 1.54) is 12.3 Å². The maximum absolute atomic E-state index is 12.7. The molecule has 29 heavy (non-hydrogen) atoms. The first-order valence-corrected chi connectivity index (χ1v) is 11.9. The molecule has 1 fully saturated rings. The van der Waals surface area contributed by atoms with Gasteiger partial charge in [0.25, 0.3) is 0 Å². The van der Waals surface area contributed by atoms with Gasteiger partial charge in [-0.15, -0.1) is 0 Å². The molecule has 0 aliphatic carbocycles. The van der Waals surface area contributed by atoms with Crippen LogP contribution >= 0.6 is 11.6 Å². The Hall–Kier alpha value is -2.00. The zero-order valence-corrected chi connectivity index (χ0v) is 18.7. The topological polar surface area (TPSA) is 98.0 Å². The number of carbonyl (C=O) groups excluding carboxylic acids is 1. The predicted octanol–water partition coefficient (Wildman–Crippen LogP) is 2.70. The minimum Gasteiger partial charge on any atom is -0.343 e. The molecule has 3 rings (SSSR count). The molecule has 1 atom stereocenters. The van der Waals surface area contributed by atoms with Crippen molar-refractivity contribution in [2.24, 2.45) is 0 Å². The first kappa shape index (κ1) is 21.7. The highest BCUT2D eigenvalue weighted by molar-refractivity contribution is 7.90. The lowest BCUT2D eigenvalue weighted by Crippen LogP contribution is -2.39. The Bertz CT molecular complexity index is 1010. The number of aryl methyl sites for hydroxylation is 2. The molecule has 1 amide bonds. The van der Waals surface area contributed by atoms with E-state index in [0.29, 0.717) is 48.9 Å². The number of hydrogen-bond acceptors (Lipinski definition) is 6. The number of pyridine rings is 1. The molecular formula is C19H26ClN5O3S. The number of hydrogen-bond donors (Lipinski definition) is 0. The maximum Gasteiger partial charge on any atom is 0.224 e. The third-order valence-corrected chi connectivity index (χ3v) is 6.61. The van der Waals surface area contributed by atoms with Crippen molar-refractivity contribution in [2.75, 3.05) is 19.3 Å². The van der Waals surface area contributed by atoms with Crippen molar-refractivity contribution >= 4 is 27.3 Å². The Morgan fingerprint density at radius 1 is 1.31 bits per heavy atom. The molecule has 0 N–H and O–H groups in total. The van der Waals surface area contributed by atoms with Crippen LogP contribution in [0.25, 0.3) is 0 Å². The average molecular weight is 440 g/mol. The summed E-state index contributed by atoms with van der Waals surface area (Å²) in [5, 5.41) is 4.66. The van der Waals surface area contributed by atoms with Crippen LogP contribution in [0.2, 0.25) is 5.02 Å². The minimum absolute atomic E-state index is 0.0151. The van der Waals surface area contributed by atoms with E-state index in [0.717, 1.165) is 12.1 Å². The van der Waals surface area contributed by atoms with Gasteiger partial charge in [0.05, 0.1) is 21.7 Å². The lowest BCUT2D eigenvalue weighted by atomic mass is 9.92. The van der Waals surface area contributed by atoms with Gasteiger partial charge in [-0.05, 0) is 39.7 Å². The molecule has 8 nitrogen and oxygen atoms in total. The van der Waals surface area contributed by atoms with E-state index in [1.807, 2.05) is 25.7 Å². The van der Waals surface area contributed by atoms with E-state index in [-0.39, 0.29) is 22.8 Å². The average Bonchev–Trinajstić information content (AvgIpc) is 2.99. The van der Waals surface area contributed by atoms with Gasteiger partial charge in [0.15, 0.2) is 9.84 Å². The van der Waals surface area contributed by atoms with E-state index >= 15 is 0 Å². The third-order valence-electron chi connectivity index (χ3n) is 5.28. The summed E-state index contributed by atoms with van der Waals surface area (Å²) in [6.07, 6.45) is 4.32. The van der Waals surface area contributed by atoms with Gasteiger partial charge in [-0.25, -0.2) is 18.1 Å². The molecule has 158 valence electrons. The predicted molar refractivity (Wildman–Crippen MR) is 110 cm³/mol. The highest BCUT2D eigenvalue weighted by Gasteiger charge is 2.29. The van der Waals surface area contributed by atoms with E-state index < -0.39 is 9.84 Å². The molecule has 0 radical (unpaired) electrons. The van der Waals surface area contributed by atoms with Crippen LogP contribution in [0.1, 0.15) is 55.5 Å². The van der Waals surface area contributed by atoms with Crippen LogP contribution in [0.5, 0.6) is 0 Å². The summed E-state index contributed by atoms with van der Waals surface area (Å²) >= 11 is 5.95. The van der Waals surface area contributed by atoms with Crippen LogP contribution in [0.15, 0.2) is 17.2 Å². The summed E-state index contributed by atoms with van der Waals surface area (Å²) in [6, 6.07) is 1.39. The SMILES string of the molecule is Cc1nc(C)n(C(C)CC(=O)N2CCC(c3ncc(Cl)cc3S(C)(=O)=O)CC2)n1. The van der Waals surface area contributed by atoms with Crippen LogP contribution in [0.3, 0.4) is 0 Å². The van der Waals surface area contributed by atoms with Crippen molar-refractivity contribution in [1.82, 2.24) is 24.6 Å². The summed E-state index contributed by atoms with van der Waals surface area (Å²) < 4.78 is 26.0. The van der Waals surface area contributed by atoms with Gasteiger partial charge >= 0.3 is 0 Å². The lowest BCUT2D eigenvalue weighted by molar-refractivity contribution is -0.133. The molecule has 10 heteroatoms. The van der Waals surface area contributed by atoms with E-state index in [2.05, 4.69) is 15.1 Å². The van der Waals surface area contributed by atoms with Crippen LogP contribution < -0.4 is 0 Å². The monoisotopic (exact) mass is 439 g/mol. The molecule has 1 aliphatic heterocycles. The molecule has 3 heterocycles. The lowest BCUT2D eigenvalue weighted by Gasteiger charge is -2.33. The molecule has 0 aromatic carbocycles. The Labute approximate surface area is 176 Å². The second kappa shape index (κ2) is 8.39. The van der Waals surface area contributed by atoms with Crippen LogP contribution in [0.4, 0.5) is 0 Å². The fourth-order valence-corrected chi connectivity index (χ4v) is 5.02. The largest absolute Gasteiger partial charge is 0.343 e. The zero-order chi connectivity index (χ0) is 21.3. The quantitative estimate of drug-likeness (QED) is 0.710. The smallest absolute Gasteiger partial charge is 0.224 e. The van der Waals surface area contributed by atoms with Gasteiger partial charge in [-0.1, -0.05) is 11.6 Å². The summed E-state index contributed by atoms with van der Waals surface area (Å²) in [5.74, 6) is 1.54. The Morgan fingerprint density at radius 2 is 1.97 bits per heavy atom. The molecule has 1 unspecified atom stereocenters. The van der Waals surface area contributed by atoms with Crippen molar-refractivity contribution in [3.63, 3.8) is 0 Å². The number of likely N-dealkylation sites (tertiary alicyclic amines) is 1. The zero-order valence-electron chi connectivity index (χ0n) is 17.1. The Balaban J connectivity index is 1.65. The Kier molecular flexibility index (Phi) is 6.28. The maximum atomic E-state index is 12.7. The standard InChI is InChI=1S/C19H26ClN5O3S/c1-12(25-14(3)22-13(2)23-25)9-18(26)24-7-5-15(6-8-24)19-17(29(4,27)28)10-16(20)11-21-19/h10-12,15H,5-9H2,1-4H3. The van der Waals surface area contributed by atoms with Gasteiger partial charge in [-0.3, -0.25) is 9.78 Å². The number of halogens is 1. The Morgan fingerprint density at radius 3 is 2.52 bits per heavy atom. The number of amides is 1. The molecule has 0 saturated carbocycles. The first-order chi connectivity index (χ1) is 13.6. The fourth-order valence-electron chi connectivity index (χ4n) is 3.86. The van der Waals surface area contributed by atoms with Crippen molar-refractivity contribution in [3.8, 4) is 0 Å².